The molecule has 2 rings (SSSR count). The summed E-state index contributed by atoms with van der Waals surface area (Å²) in [4.78, 5) is 14.2. The molecule has 3 N–H and O–H groups in total. The number of benzene rings is 1. The SMILES string of the molecule is CC(N)C1CCN(CC(=O)Nc2cccc(Br)c2)CC1. The molecule has 1 heterocycles. The van der Waals surface area contributed by atoms with E-state index in [1.807, 2.05) is 24.3 Å². The molecular weight excluding hydrogens is 318 g/mol. The van der Waals surface area contributed by atoms with E-state index in [-0.39, 0.29) is 11.9 Å². The van der Waals surface area contributed by atoms with E-state index in [1.165, 1.54) is 0 Å². The molecule has 1 aliphatic rings. The molecule has 20 heavy (non-hydrogen) atoms. The van der Waals surface area contributed by atoms with Crippen molar-refractivity contribution in [3.05, 3.63) is 28.7 Å². The number of carbonyl (C=O) groups is 1. The van der Waals surface area contributed by atoms with E-state index in [9.17, 15) is 4.79 Å². The van der Waals surface area contributed by atoms with Gasteiger partial charge in [0.1, 0.15) is 0 Å². The molecule has 4 nitrogen and oxygen atoms in total. The Hall–Kier alpha value is -0.910. The molecule has 0 radical (unpaired) electrons. The summed E-state index contributed by atoms with van der Waals surface area (Å²) in [5.74, 6) is 0.640. The van der Waals surface area contributed by atoms with E-state index in [1.54, 1.807) is 0 Å². The lowest BCUT2D eigenvalue weighted by Gasteiger charge is -2.33. The summed E-state index contributed by atoms with van der Waals surface area (Å²) in [6.45, 7) is 4.44. The first-order valence-corrected chi connectivity index (χ1v) is 7.87. The number of hydrogen-bond acceptors (Lipinski definition) is 3. The van der Waals surface area contributed by atoms with Gasteiger partial charge in [-0.05, 0) is 57.0 Å². The summed E-state index contributed by atoms with van der Waals surface area (Å²) in [5.41, 5.74) is 6.76. The van der Waals surface area contributed by atoms with Gasteiger partial charge in [-0.3, -0.25) is 9.69 Å². The largest absolute Gasteiger partial charge is 0.328 e. The number of rotatable bonds is 4. The van der Waals surface area contributed by atoms with Gasteiger partial charge in [0.2, 0.25) is 5.91 Å². The zero-order chi connectivity index (χ0) is 14.5. The topological polar surface area (TPSA) is 58.4 Å². The van der Waals surface area contributed by atoms with Crippen LogP contribution in [0.25, 0.3) is 0 Å². The number of anilines is 1. The number of nitrogens with zero attached hydrogens (tertiary/aromatic N) is 1. The van der Waals surface area contributed by atoms with Crippen LogP contribution in [0.3, 0.4) is 0 Å². The van der Waals surface area contributed by atoms with Crippen molar-refractivity contribution in [2.45, 2.75) is 25.8 Å². The third-order valence-corrected chi connectivity index (χ3v) is 4.34. The third-order valence-electron chi connectivity index (χ3n) is 3.85. The lowest BCUT2D eigenvalue weighted by Crippen LogP contribution is -2.42. The van der Waals surface area contributed by atoms with E-state index < -0.39 is 0 Å². The van der Waals surface area contributed by atoms with Gasteiger partial charge < -0.3 is 11.1 Å². The summed E-state index contributed by atoms with van der Waals surface area (Å²) in [6.07, 6.45) is 2.17. The zero-order valence-electron chi connectivity index (χ0n) is 11.8. The van der Waals surface area contributed by atoms with Crippen LogP contribution < -0.4 is 11.1 Å². The van der Waals surface area contributed by atoms with Crippen LogP contribution >= 0.6 is 15.9 Å². The average Bonchev–Trinajstić information content (AvgIpc) is 2.39. The van der Waals surface area contributed by atoms with Gasteiger partial charge in [-0.25, -0.2) is 0 Å². The monoisotopic (exact) mass is 339 g/mol. The summed E-state index contributed by atoms with van der Waals surface area (Å²) in [5, 5.41) is 2.93. The van der Waals surface area contributed by atoms with Crippen molar-refractivity contribution in [3.8, 4) is 0 Å². The number of nitrogens with two attached hydrogens (primary N) is 1. The van der Waals surface area contributed by atoms with E-state index in [0.717, 1.165) is 36.1 Å². The predicted molar refractivity (Wildman–Crippen MR) is 85.6 cm³/mol. The quantitative estimate of drug-likeness (QED) is 0.885. The molecule has 110 valence electrons. The number of hydrogen-bond donors (Lipinski definition) is 2. The number of likely N-dealkylation sites (tertiary alicyclic amines) is 1. The summed E-state index contributed by atoms with van der Waals surface area (Å²) < 4.78 is 0.966. The second kappa shape index (κ2) is 7.20. The Morgan fingerprint density at radius 2 is 2.20 bits per heavy atom. The van der Waals surface area contributed by atoms with Crippen LogP contribution in [0.1, 0.15) is 19.8 Å². The highest BCUT2D eigenvalue weighted by molar-refractivity contribution is 9.10. The lowest BCUT2D eigenvalue weighted by molar-refractivity contribution is -0.117. The van der Waals surface area contributed by atoms with Crippen LogP contribution in [0.4, 0.5) is 5.69 Å². The van der Waals surface area contributed by atoms with Crippen molar-refractivity contribution in [2.75, 3.05) is 25.0 Å². The number of carbonyl (C=O) groups excluding carboxylic acids is 1. The van der Waals surface area contributed by atoms with E-state index in [0.29, 0.717) is 12.5 Å². The minimum atomic E-state index is 0.0438. The third kappa shape index (κ3) is 4.58. The molecule has 5 heteroatoms. The van der Waals surface area contributed by atoms with Crippen LogP contribution in [-0.4, -0.2) is 36.5 Å². The molecule has 1 saturated heterocycles. The molecule has 1 aromatic carbocycles. The maximum absolute atomic E-state index is 12.0. The Morgan fingerprint density at radius 3 is 2.80 bits per heavy atom. The number of amides is 1. The highest BCUT2D eigenvalue weighted by Gasteiger charge is 2.22. The molecule has 0 aromatic heterocycles. The Bertz CT molecular complexity index is 456. The molecule has 0 spiro atoms. The first kappa shape index (κ1) is 15.5. The molecule has 1 aromatic rings. The van der Waals surface area contributed by atoms with Crippen molar-refractivity contribution >= 4 is 27.5 Å². The Labute approximate surface area is 128 Å². The van der Waals surface area contributed by atoms with Gasteiger partial charge in [0.25, 0.3) is 0 Å². The normalized spacial score (nSPS) is 18.8. The first-order valence-electron chi connectivity index (χ1n) is 7.08. The van der Waals surface area contributed by atoms with Gasteiger partial charge in [0, 0.05) is 16.2 Å². The number of nitrogens with one attached hydrogen (secondary N) is 1. The summed E-state index contributed by atoms with van der Waals surface area (Å²) in [6, 6.07) is 7.90. The van der Waals surface area contributed by atoms with Crippen LogP contribution in [-0.2, 0) is 4.79 Å². The standard InChI is InChI=1S/C15H22BrN3O/c1-11(17)12-5-7-19(8-6-12)10-15(20)18-14-4-2-3-13(16)9-14/h2-4,9,11-12H,5-8,10,17H2,1H3,(H,18,20). The fraction of sp³-hybridized carbons (Fsp3) is 0.533. The number of halogens is 1. The average molecular weight is 340 g/mol. The minimum Gasteiger partial charge on any atom is -0.328 e. The first-order chi connectivity index (χ1) is 9.54. The fourth-order valence-corrected chi connectivity index (χ4v) is 3.01. The lowest BCUT2D eigenvalue weighted by atomic mass is 9.91. The van der Waals surface area contributed by atoms with Crippen molar-refractivity contribution in [1.29, 1.82) is 0 Å². The minimum absolute atomic E-state index is 0.0438. The van der Waals surface area contributed by atoms with Gasteiger partial charge >= 0.3 is 0 Å². The van der Waals surface area contributed by atoms with Gasteiger partial charge in [0.05, 0.1) is 6.54 Å². The maximum atomic E-state index is 12.0. The van der Waals surface area contributed by atoms with Crippen LogP contribution in [0.2, 0.25) is 0 Å². The van der Waals surface area contributed by atoms with Crippen molar-refractivity contribution < 1.29 is 4.79 Å². The molecule has 1 unspecified atom stereocenters. The second-order valence-corrected chi connectivity index (χ2v) is 6.45. The molecule has 0 bridgehead atoms. The van der Waals surface area contributed by atoms with Gasteiger partial charge in [-0.1, -0.05) is 22.0 Å². The zero-order valence-corrected chi connectivity index (χ0v) is 13.4. The predicted octanol–water partition coefficient (Wildman–Crippen LogP) is 2.45. The molecule has 1 aliphatic heterocycles. The summed E-state index contributed by atoms with van der Waals surface area (Å²) >= 11 is 3.40. The van der Waals surface area contributed by atoms with Crippen LogP contribution in [0.15, 0.2) is 28.7 Å². The second-order valence-electron chi connectivity index (χ2n) is 5.53. The highest BCUT2D eigenvalue weighted by Crippen LogP contribution is 2.19. The smallest absolute Gasteiger partial charge is 0.238 e. The van der Waals surface area contributed by atoms with Crippen molar-refractivity contribution in [2.24, 2.45) is 11.7 Å². The maximum Gasteiger partial charge on any atom is 0.238 e. The Balaban J connectivity index is 1.78. The Morgan fingerprint density at radius 1 is 1.50 bits per heavy atom. The van der Waals surface area contributed by atoms with E-state index >= 15 is 0 Å². The van der Waals surface area contributed by atoms with Crippen molar-refractivity contribution in [3.63, 3.8) is 0 Å². The molecule has 0 aliphatic carbocycles. The molecule has 1 fully saturated rings. The van der Waals surface area contributed by atoms with Gasteiger partial charge in [0.15, 0.2) is 0 Å². The molecular formula is C15H22BrN3O. The van der Waals surface area contributed by atoms with E-state index in [2.05, 4.69) is 33.1 Å². The van der Waals surface area contributed by atoms with Crippen molar-refractivity contribution in [1.82, 2.24) is 4.90 Å². The summed E-state index contributed by atoms with van der Waals surface area (Å²) in [7, 11) is 0. The molecule has 0 saturated carbocycles. The highest BCUT2D eigenvalue weighted by atomic mass is 79.9. The van der Waals surface area contributed by atoms with E-state index in [4.69, 9.17) is 5.73 Å². The van der Waals surface area contributed by atoms with Gasteiger partial charge in [-0.2, -0.15) is 0 Å². The Kier molecular flexibility index (Phi) is 5.57. The molecule has 1 atom stereocenters. The molecule has 1 amide bonds. The number of piperidine rings is 1. The fourth-order valence-electron chi connectivity index (χ4n) is 2.61. The van der Waals surface area contributed by atoms with Crippen LogP contribution in [0.5, 0.6) is 0 Å². The van der Waals surface area contributed by atoms with Crippen LogP contribution in [0, 0.1) is 5.92 Å². The van der Waals surface area contributed by atoms with Gasteiger partial charge in [-0.15, -0.1) is 0 Å².